The molecule has 0 amide bonds. The fourth-order valence-electron chi connectivity index (χ4n) is 4.84. The Labute approximate surface area is 214 Å². The monoisotopic (exact) mass is 490 g/mol. The number of aromatic amines is 1. The molecule has 0 saturated heterocycles. The van der Waals surface area contributed by atoms with E-state index in [1.807, 2.05) is 48.7 Å². The van der Waals surface area contributed by atoms with E-state index in [0.29, 0.717) is 17.5 Å². The van der Waals surface area contributed by atoms with Crippen LogP contribution < -0.4 is 4.74 Å². The number of rotatable bonds is 7. The number of nitrogens with one attached hydrogen (secondary N) is 1. The summed E-state index contributed by atoms with van der Waals surface area (Å²) in [6, 6.07) is 18.1. The molecule has 0 spiro atoms. The Morgan fingerprint density at radius 2 is 1.92 bits per heavy atom. The van der Waals surface area contributed by atoms with E-state index in [1.54, 1.807) is 13.2 Å². The summed E-state index contributed by atoms with van der Waals surface area (Å²) in [7, 11) is 1.61. The Bertz CT molecular complexity index is 1590. The fraction of sp³-hybridized carbons (Fsp3) is 0.200. The van der Waals surface area contributed by atoms with Crippen LogP contribution in [-0.4, -0.2) is 33.4 Å². The van der Waals surface area contributed by atoms with E-state index in [4.69, 9.17) is 9.84 Å². The van der Waals surface area contributed by atoms with Gasteiger partial charge in [0, 0.05) is 29.3 Å². The molecular formula is C30H26N4O3. The third-order valence-electron chi connectivity index (χ3n) is 6.94. The number of hydrogen-bond acceptors (Lipinski definition) is 5. The minimum absolute atomic E-state index is 0.359. The maximum absolute atomic E-state index is 11.0. The van der Waals surface area contributed by atoms with Crippen LogP contribution in [-0.2, 0) is 4.79 Å². The molecule has 1 aliphatic carbocycles. The summed E-state index contributed by atoms with van der Waals surface area (Å²) in [5.41, 5.74) is 8.39. The lowest BCUT2D eigenvalue weighted by molar-refractivity contribution is -0.131. The van der Waals surface area contributed by atoms with Gasteiger partial charge < -0.3 is 9.84 Å². The molecule has 7 nitrogen and oxygen atoms in total. The van der Waals surface area contributed by atoms with Gasteiger partial charge in [0.15, 0.2) is 5.69 Å². The molecule has 0 bridgehead atoms. The van der Waals surface area contributed by atoms with Crippen LogP contribution in [0.3, 0.4) is 0 Å². The summed E-state index contributed by atoms with van der Waals surface area (Å²) in [6.07, 6.45) is 7.94. The van der Waals surface area contributed by atoms with Crippen LogP contribution in [0, 0.1) is 24.2 Å². The van der Waals surface area contributed by atoms with Crippen LogP contribution in [0.25, 0.3) is 28.1 Å². The number of allylic oxidation sites excluding steroid dienone is 1. The van der Waals surface area contributed by atoms with E-state index in [-0.39, 0.29) is 0 Å². The van der Waals surface area contributed by atoms with Crippen LogP contribution in [0.4, 0.5) is 0 Å². The first-order valence-corrected chi connectivity index (χ1v) is 12.1. The van der Waals surface area contributed by atoms with Crippen LogP contribution in [0.15, 0.2) is 60.8 Å². The highest BCUT2D eigenvalue weighted by molar-refractivity contribution is 6.02. The van der Waals surface area contributed by atoms with E-state index in [2.05, 4.69) is 34.2 Å². The second-order valence-corrected chi connectivity index (χ2v) is 9.20. The Hall–Kier alpha value is -4.70. The van der Waals surface area contributed by atoms with E-state index in [0.717, 1.165) is 63.2 Å². The number of nitrogens with zero attached hydrogens (tertiary/aromatic N) is 3. The van der Waals surface area contributed by atoms with E-state index in [9.17, 15) is 10.1 Å². The molecule has 1 aliphatic rings. The number of aliphatic carboxylic acids is 1. The maximum atomic E-state index is 11.0. The average Bonchev–Trinajstić information content (AvgIpc) is 3.29. The number of hydrogen-bond donors (Lipinski definition) is 2. The topological polar surface area (TPSA) is 112 Å². The van der Waals surface area contributed by atoms with Crippen molar-refractivity contribution in [2.75, 3.05) is 7.11 Å². The molecule has 2 heterocycles. The van der Waals surface area contributed by atoms with Gasteiger partial charge in [0.05, 0.1) is 12.6 Å². The average molecular weight is 491 g/mol. The number of benzene rings is 2. The van der Waals surface area contributed by atoms with Crippen molar-refractivity contribution in [3.8, 4) is 11.9 Å². The third kappa shape index (κ3) is 4.74. The quantitative estimate of drug-likeness (QED) is 0.307. The van der Waals surface area contributed by atoms with Crippen LogP contribution in [0.1, 0.15) is 52.8 Å². The second kappa shape index (κ2) is 10.1. The van der Waals surface area contributed by atoms with Gasteiger partial charge in [-0.15, -0.1) is 0 Å². The Kier molecular flexibility index (Phi) is 6.57. The molecule has 1 fully saturated rings. The predicted molar refractivity (Wildman–Crippen MR) is 143 cm³/mol. The highest BCUT2D eigenvalue weighted by atomic mass is 16.5. The number of aromatic nitrogens is 3. The maximum Gasteiger partial charge on any atom is 0.328 e. The lowest BCUT2D eigenvalue weighted by atomic mass is 9.72. The van der Waals surface area contributed by atoms with Gasteiger partial charge in [0.1, 0.15) is 6.07 Å². The van der Waals surface area contributed by atoms with Crippen molar-refractivity contribution in [2.24, 2.45) is 5.92 Å². The molecule has 0 unspecified atom stereocenters. The number of methoxy groups -OCH3 is 1. The smallest absolute Gasteiger partial charge is 0.328 e. The molecular weight excluding hydrogens is 464 g/mol. The molecule has 184 valence electrons. The van der Waals surface area contributed by atoms with Crippen LogP contribution in [0.5, 0.6) is 5.88 Å². The zero-order valence-electron chi connectivity index (χ0n) is 20.7. The summed E-state index contributed by atoms with van der Waals surface area (Å²) in [5, 5.41) is 26.4. The largest absolute Gasteiger partial charge is 0.481 e. The molecule has 1 saturated carbocycles. The summed E-state index contributed by atoms with van der Waals surface area (Å²) >= 11 is 0. The van der Waals surface area contributed by atoms with Gasteiger partial charge in [0.25, 0.3) is 0 Å². The standard InChI is InChI=1S/C30H26N4O3/c1-18-14-27(37-2)32-17-24(18)30(20-4-3-5-20)29(21-9-6-19(7-10-21)8-13-28(35)36)22-11-12-25-23(15-22)26(16-31)34-33-25/h6-15,17,20H,3-5H2,1-2H3,(H,33,34)(H,35,36)/b13-8+,30-29+. The summed E-state index contributed by atoms with van der Waals surface area (Å²) in [5.74, 6) is -0.0455. The van der Waals surface area contributed by atoms with Crippen molar-refractivity contribution in [3.63, 3.8) is 0 Å². The third-order valence-corrected chi connectivity index (χ3v) is 6.94. The van der Waals surface area contributed by atoms with Crippen LogP contribution in [0.2, 0.25) is 0 Å². The number of carboxylic acids is 1. The van der Waals surface area contributed by atoms with Gasteiger partial charge in [-0.3, -0.25) is 5.10 Å². The second-order valence-electron chi connectivity index (χ2n) is 9.20. The number of H-pyrrole nitrogens is 1. The van der Waals surface area contributed by atoms with Crippen LogP contribution >= 0.6 is 0 Å². The number of fused-ring (bicyclic) bond motifs is 1. The van der Waals surface area contributed by atoms with E-state index in [1.165, 1.54) is 12.0 Å². The van der Waals surface area contributed by atoms with E-state index < -0.39 is 5.97 Å². The van der Waals surface area contributed by atoms with E-state index >= 15 is 0 Å². The van der Waals surface area contributed by atoms with Gasteiger partial charge in [-0.25, -0.2) is 9.78 Å². The normalized spacial score (nSPS) is 14.3. The Morgan fingerprint density at radius 1 is 1.16 bits per heavy atom. The van der Waals surface area contributed by atoms with Crippen molar-refractivity contribution in [1.82, 2.24) is 15.2 Å². The number of carbonyl (C=O) groups is 1. The fourth-order valence-corrected chi connectivity index (χ4v) is 4.84. The number of ether oxygens (including phenoxy) is 1. The van der Waals surface area contributed by atoms with Gasteiger partial charge in [-0.05, 0) is 77.3 Å². The highest BCUT2D eigenvalue weighted by Gasteiger charge is 2.28. The highest BCUT2D eigenvalue weighted by Crippen LogP contribution is 2.46. The van der Waals surface area contributed by atoms with Gasteiger partial charge in [-0.1, -0.05) is 36.8 Å². The van der Waals surface area contributed by atoms with Crippen molar-refractivity contribution < 1.29 is 14.6 Å². The SMILES string of the molecule is COc1cc(C)c(/C(=C(\c2ccc(/C=C/C(=O)O)cc2)c2ccc3[nH]nc(C#N)c3c2)C2CCC2)cn1. The Balaban J connectivity index is 1.77. The molecule has 0 radical (unpaired) electrons. The first-order valence-electron chi connectivity index (χ1n) is 12.1. The number of aryl methyl sites for hydroxylation is 1. The van der Waals surface area contributed by atoms with Crippen molar-refractivity contribution in [3.05, 3.63) is 94.3 Å². The molecule has 2 N–H and O–H groups in total. The van der Waals surface area contributed by atoms with Crippen molar-refractivity contribution in [2.45, 2.75) is 26.2 Å². The molecule has 2 aromatic carbocycles. The number of carboxylic acid groups (broad SMARTS) is 1. The van der Waals surface area contributed by atoms with Gasteiger partial charge >= 0.3 is 5.97 Å². The molecule has 2 aromatic heterocycles. The molecule has 5 rings (SSSR count). The molecule has 0 atom stereocenters. The Morgan fingerprint density at radius 3 is 2.54 bits per heavy atom. The first-order chi connectivity index (χ1) is 18.0. The molecule has 7 heteroatoms. The minimum Gasteiger partial charge on any atom is -0.481 e. The minimum atomic E-state index is -0.985. The summed E-state index contributed by atoms with van der Waals surface area (Å²) in [4.78, 5) is 15.5. The van der Waals surface area contributed by atoms with Gasteiger partial charge in [0.2, 0.25) is 5.88 Å². The molecule has 37 heavy (non-hydrogen) atoms. The lowest BCUT2D eigenvalue weighted by Gasteiger charge is -2.32. The van der Waals surface area contributed by atoms with Gasteiger partial charge in [-0.2, -0.15) is 10.4 Å². The molecule has 0 aliphatic heterocycles. The first kappa shape index (κ1) is 24.0. The zero-order chi connectivity index (χ0) is 25.9. The zero-order valence-corrected chi connectivity index (χ0v) is 20.7. The number of pyridine rings is 1. The predicted octanol–water partition coefficient (Wildman–Crippen LogP) is 6.00. The number of nitriles is 1. The lowest BCUT2D eigenvalue weighted by Crippen LogP contribution is -2.16. The van der Waals surface area contributed by atoms with Crippen molar-refractivity contribution >= 4 is 34.1 Å². The van der Waals surface area contributed by atoms with Crippen molar-refractivity contribution in [1.29, 1.82) is 5.26 Å². The summed E-state index contributed by atoms with van der Waals surface area (Å²) < 4.78 is 5.36. The molecule has 4 aromatic rings. The summed E-state index contributed by atoms with van der Waals surface area (Å²) in [6.45, 7) is 2.07.